The monoisotopic (exact) mass is 686 g/mol. The summed E-state index contributed by atoms with van der Waals surface area (Å²) >= 11 is 12.8. The number of ether oxygens (including phenoxy) is 4. The minimum absolute atomic E-state index is 0.0190. The summed E-state index contributed by atoms with van der Waals surface area (Å²) in [6.45, 7) is -2.21. The number of aromatic nitrogens is 1. The van der Waals surface area contributed by atoms with Gasteiger partial charge in [0.2, 0.25) is 0 Å². The Labute approximate surface area is 271 Å². The lowest BCUT2D eigenvalue weighted by Gasteiger charge is -2.22. The van der Waals surface area contributed by atoms with E-state index in [1.807, 2.05) is 19.0 Å². The van der Waals surface area contributed by atoms with Crippen molar-refractivity contribution in [3.8, 4) is 17.2 Å². The number of carbonyl (C=O) groups excluding carboxylic acids is 1. The van der Waals surface area contributed by atoms with Gasteiger partial charge < -0.3 is 23.8 Å². The fourth-order valence-electron chi connectivity index (χ4n) is 4.49. The number of benzene rings is 2. The Morgan fingerprint density at radius 1 is 1.04 bits per heavy atom. The summed E-state index contributed by atoms with van der Waals surface area (Å²) in [7, 11) is 1.21. The Kier molecular flexibility index (Phi) is 11.9. The number of pyridine rings is 1. The number of hydrogen-bond donors (Lipinski definition) is 0. The molecule has 1 atom stereocenters. The van der Waals surface area contributed by atoms with Crippen molar-refractivity contribution >= 4 is 39.0 Å². The van der Waals surface area contributed by atoms with Crippen molar-refractivity contribution < 1.29 is 40.9 Å². The summed E-state index contributed by atoms with van der Waals surface area (Å²) in [5, 5.41) is 0.448. The second-order valence-electron chi connectivity index (χ2n) is 10.9. The summed E-state index contributed by atoms with van der Waals surface area (Å²) < 4.78 is 74.4. The number of carbonyl (C=O) groups is 1. The number of alkyl halides is 2. The van der Waals surface area contributed by atoms with Crippen LogP contribution in [0.1, 0.15) is 46.9 Å². The minimum atomic E-state index is -3.82. The van der Waals surface area contributed by atoms with Gasteiger partial charge in [-0.3, -0.25) is 4.98 Å². The molecule has 1 heterocycles. The van der Waals surface area contributed by atoms with Crippen molar-refractivity contribution in [2.45, 2.75) is 43.3 Å². The lowest BCUT2D eigenvalue weighted by atomic mass is 10.0. The zero-order valence-electron chi connectivity index (χ0n) is 25.0. The molecule has 0 radical (unpaired) electrons. The molecular formula is C31H34Cl2F2N2O7S. The summed E-state index contributed by atoms with van der Waals surface area (Å²) in [5.41, 5.74) is 0.768. The highest BCUT2D eigenvalue weighted by Crippen LogP contribution is 2.38. The maximum atomic E-state index is 13.6. The third-order valence-corrected chi connectivity index (χ3v) is 9.54. The smallest absolute Gasteiger partial charge is 0.387 e. The molecule has 244 valence electrons. The van der Waals surface area contributed by atoms with Crippen LogP contribution in [0, 0.1) is 5.92 Å². The van der Waals surface area contributed by atoms with E-state index in [2.05, 4.69) is 9.72 Å². The zero-order valence-corrected chi connectivity index (χ0v) is 27.3. The van der Waals surface area contributed by atoms with E-state index in [0.29, 0.717) is 36.6 Å². The van der Waals surface area contributed by atoms with E-state index in [1.165, 1.54) is 55.9 Å². The van der Waals surface area contributed by atoms with Crippen LogP contribution in [0.3, 0.4) is 0 Å². The van der Waals surface area contributed by atoms with Crippen LogP contribution in [0.2, 0.25) is 10.0 Å². The Bertz CT molecular complexity index is 1580. The number of methoxy groups -OCH3 is 1. The molecule has 2 aromatic carbocycles. The highest BCUT2D eigenvalue weighted by Gasteiger charge is 2.27. The fourth-order valence-corrected chi connectivity index (χ4v) is 6.51. The molecule has 3 aromatic rings. The predicted molar refractivity (Wildman–Crippen MR) is 166 cm³/mol. The van der Waals surface area contributed by atoms with Gasteiger partial charge >= 0.3 is 12.6 Å². The van der Waals surface area contributed by atoms with Crippen LogP contribution in [0.25, 0.3) is 0 Å². The average molecular weight is 688 g/mol. The maximum absolute atomic E-state index is 13.6. The number of esters is 1. The first-order chi connectivity index (χ1) is 21.4. The van der Waals surface area contributed by atoms with E-state index in [9.17, 15) is 22.0 Å². The summed E-state index contributed by atoms with van der Waals surface area (Å²) in [6.07, 6.45) is 4.03. The lowest BCUT2D eigenvalue weighted by molar-refractivity contribution is -0.0515. The van der Waals surface area contributed by atoms with E-state index in [4.69, 9.17) is 37.4 Å². The Morgan fingerprint density at radius 3 is 2.36 bits per heavy atom. The molecule has 0 aliphatic heterocycles. The SMILES string of the molecule is COc1ccc(C(=O)O[C@@H](Cc2c(Cl)cncc2Cl)c2ccc(OC(F)F)c(OCC3CC3)c2)cc1S(=O)(=O)CCCN(C)C. The molecule has 0 N–H and O–H groups in total. The second kappa shape index (κ2) is 15.4. The topological polar surface area (TPSA) is 104 Å². The number of halogens is 4. The van der Waals surface area contributed by atoms with Crippen molar-refractivity contribution in [3.63, 3.8) is 0 Å². The molecule has 0 spiro atoms. The van der Waals surface area contributed by atoms with Crippen molar-refractivity contribution in [2.24, 2.45) is 5.92 Å². The van der Waals surface area contributed by atoms with E-state index in [-0.39, 0.29) is 49.9 Å². The largest absolute Gasteiger partial charge is 0.495 e. The number of sulfone groups is 1. The molecular weight excluding hydrogens is 653 g/mol. The molecule has 0 unspecified atom stereocenters. The average Bonchev–Trinajstić information content (AvgIpc) is 3.81. The second-order valence-corrected chi connectivity index (χ2v) is 13.8. The first-order valence-electron chi connectivity index (χ1n) is 14.1. The summed E-state index contributed by atoms with van der Waals surface area (Å²) in [6, 6.07) is 8.26. The molecule has 0 amide bonds. The van der Waals surface area contributed by atoms with Crippen LogP contribution < -0.4 is 14.2 Å². The van der Waals surface area contributed by atoms with Gasteiger partial charge in [-0.1, -0.05) is 29.3 Å². The molecule has 1 fully saturated rings. The molecule has 1 saturated carbocycles. The molecule has 0 bridgehead atoms. The van der Waals surface area contributed by atoms with Gasteiger partial charge in [0.25, 0.3) is 0 Å². The standard InChI is InChI=1S/C31H34Cl2F2N2O7S/c1-37(2)11-4-12-45(39,40)29-14-21(8-10-26(29)41-3)30(38)43-27(15-22-23(32)16-36-17-24(22)33)20-7-9-25(44-31(34)35)28(13-20)42-18-19-5-6-19/h7-10,13-14,16-17,19,27,31H,4-6,11-12,15,18H2,1-3H3/t27-/m0/s1. The first-order valence-corrected chi connectivity index (χ1v) is 16.5. The van der Waals surface area contributed by atoms with E-state index >= 15 is 0 Å². The van der Waals surface area contributed by atoms with E-state index in [1.54, 1.807) is 0 Å². The van der Waals surface area contributed by atoms with Crippen LogP contribution in [0.5, 0.6) is 17.2 Å². The Hall–Kier alpha value is -3.19. The number of rotatable bonds is 16. The third kappa shape index (κ3) is 9.65. The highest BCUT2D eigenvalue weighted by molar-refractivity contribution is 7.91. The number of hydrogen-bond acceptors (Lipinski definition) is 9. The summed E-state index contributed by atoms with van der Waals surface area (Å²) in [4.78, 5) is 19.3. The quantitative estimate of drug-likeness (QED) is 0.153. The fraction of sp³-hybridized carbons (Fsp3) is 0.419. The van der Waals surface area contributed by atoms with Crippen molar-refractivity contribution in [2.75, 3.05) is 40.1 Å². The van der Waals surface area contributed by atoms with Crippen molar-refractivity contribution in [3.05, 3.63) is 75.5 Å². The first kappa shape index (κ1) is 34.7. The van der Waals surface area contributed by atoms with Crippen LogP contribution in [-0.4, -0.2) is 71.0 Å². The van der Waals surface area contributed by atoms with Gasteiger partial charge in [-0.15, -0.1) is 0 Å². The van der Waals surface area contributed by atoms with Crippen LogP contribution in [0.4, 0.5) is 8.78 Å². The molecule has 0 saturated heterocycles. The maximum Gasteiger partial charge on any atom is 0.387 e. The minimum Gasteiger partial charge on any atom is -0.495 e. The summed E-state index contributed by atoms with van der Waals surface area (Å²) in [5.74, 6) is -0.697. The third-order valence-electron chi connectivity index (χ3n) is 7.07. The highest BCUT2D eigenvalue weighted by atomic mass is 35.5. The van der Waals surface area contributed by atoms with Gasteiger partial charge in [-0.2, -0.15) is 8.78 Å². The normalized spacial score (nSPS) is 14.0. The molecule has 45 heavy (non-hydrogen) atoms. The molecule has 1 aliphatic carbocycles. The predicted octanol–water partition coefficient (Wildman–Crippen LogP) is 6.65. The van der Waals surface area contributed by atoms with Crippen LogP contribution in [-0.2, 0) is 21.0 Å². The number of nitrogens with zero attached hydrogens (tertiary/aromatic N) is 2. The van der Waals surface area contributed by atoms with Crippen LogP contribution >= 0.6 is 23.2 Å². The molecule has 1 aliphatic rings. The zero-order chi connectivity index (χ0) is 32.7. The van der Waals surface area contributed by atoms with Gasteiger partial charge in [0, 0.05) is 18.8 Å². The van der Waals surface area contributed by atoms with Crippen molar-refractivity contribution in [1.82, 2.24) is 9.88 Å². The van der Waals surface area contributed by atoms with Gasteiger partial charge in [-0.05, 0) is 87.3 Å². The van der Waals surface area contributed by atoms with Gasteiger partial charge in [0.15, 0.2) is 21.3 Å². The lowest BCUT2D eigenvalue weighted by Crippen LogP contribution is -2.18. The van der Waals surface area contributed by atoms with E-state index < -0.39 is 28.5 Å². The van der Waals surface area contributed by atoms with Crippen molar-refractivity contribution in [1.29, 1.82) is 0 Å². The molecule has 1 aromatic heterocycles. The molecule has 9 nitrogen and oxygen atoms in total. The van der Waals surface area contributed by atoms with Crippen LogP contribution in [0.15, 0.2) is 53.7 Å². The molecule has 14 heteroatoms. The Balaban J connectivity index is 1.69. The Morgan fingerprint density at radius 2 is 1.73 bits per heavy atom. The van der Waals surface area contributed by atoms with Gasteiger partial charge in [0.05, 0.1) is 35.1 Å². The van der Waals surface area contributed by atoms with Gasteiger partial charge in [0.1, 0.15) is 16.7 Å². The molecule has 4 rings (SSSR count). The van der Waals surface area contributed by atoms with E-state index in [0.717, 1.165) is 12.8 Å². The van der Waals surface area contributed by atoms with Gasteiger partial charge in [-0.25, -0.2) is 13.2 Å².